The first kappa shape index (κ1) is 19.3. The summed E-state index contributed by atoms with van der Waals surface area (Å²) in [5, 5.41) is 21.0. The number of aliphatic carboxylic acids is 2. The van der Waals surface area contributed by atoms with Crippen LogP contribution in [0.25, 0.3) is 0 Å². The highest BCUT2D eigenvalue weighted by atomic mass is 16.5. The van der Waals surface area contributed by atoms with E-state index in [1.165, 1.54) is 0 Å². The van der Waals surface area contributed by atoms with Crippen LogP contribution in [-0.4, -0.2) is 25.2 Å². The molecule has 0 fully saturated rings. The number of carbonyl (C=O) groups is 2. The van der Waals surface area contributed by atoms with Gasteiger partial charge in [0, 0.05) is 24.8 Å². The highest BCUT2D eigenvalue weighted by Crippen LogP contribution is 2.14. The number of benzene rings is 2. The maximum absolute atomic E-state index is 10.5. The van der Waals surface area contributed by atoms with E-state index >= 15 is 0 Å². The maximum atomic E-state index is 10.5. The van der Waals surface area contributed by atoms with Gasteiger partial charge in [-0.05, 0) is 48.2 Å². The SMILES string of the molecule is O=C([O-])Cc1ccc(OCCCCOc2ccc(CC(=O)[O-])cc2)cc1. The number of carboxylic acid groups (broad SMARTS) is 2. The third-order valence-corrected chi connectivity index (χ3v) is 3.62. The molecule has 0 atom stereocenters. The molecule has 0 aliphatic rings. The molecule has 6 heteroatoms. The molecule has 0 unspecified atom stereocenters. The molecule has 0 radical (unpaired) electrons. The predicted octanol–water partition coefficient (Wildman–Crippen LogP) is 0.509. The summed E-state index contributed by atoms with van der Waals surface area (Å²) in [6, 6.07) is 13.8. The molecular formula is C20H20O6-2. The van der Waals surface area contributed by atoms with E-state index in [2.05, 4.69) is 0 Å². The van der Waals surface area contributed by atoms with Crippen LogP contribution in [0.2, 0.25) is 0 Å². The molecule has 0 aliphatic carbocycles. The summed E-state index contributed by atoms with van der Waals surface area (Å²) >= 11 is 0. The number of carboxylic acids is 2. The Morgan fingerprint density at radius 2 is 1.00 bits per heavy atom. The van der Waals surface area contributed by atoms with Gasteiger partial charge in [0.15, 0.2) is 0 Å². The molecule has 0 saturated carbocycles. The fourth-order valence-electron chi connectivity index (χ4n) is 2.32. The minimum Gasteiger partial charge on any atom is -0.550 e. The van der Waals surface area contributed by atoms with Crippen LogP contribution in [0, 0.1) is 0 Å². The largest absolute Gasteiger partial charge is 0.550 e. The molecule has 138 valence electrons. The third kappa shape index (κ3) is 7.25. The Morgan fingerprint density at radius 3 is 1.31 bits per heavy atom. The fraction of sp³-hybridized carbons (Fsp3) is 0.300. The average Bonchev–Trinajstić information content (AvgIpc) is 2.60. The van der Waals surface area contributed by atoms with Crippen LogP contribution in [0.3, 0.4) is 0 Å². The van der Waals surface area contributed by atoms with Crippen LogP contribution in [0.5, 0.6) is 11.5 Å². The highest BCUT2D eigenvalue weighted by molar-refractivity contribution is 5.68. The molecule has 0 amide bonds. The van der Waals surface area contributed by atoms with Crippen molar-refractivity contribution >= 4 is 11.9 Å². The third-order valence-electron chi connectivity index (χ3n) is 3.62. The van der Waals surface area contributed by atoms with E-state index in [0.717, 1.165) is 12.8 Å². The van der Waals surface area contributed by atoms with Crippen molar-refractivity contribution in [2.45, 2.75) is 25.7 Å². The summed E-state index contributed by atoms with van der Waals surface area (Å²) in [4.78, 5) is 21.0. The standard InChI is InChI=1S/C20H22O6/c21-19(22)13-15-3-7-17(8-4-15)25-11-1-2-12-26-18-9-5-16(6-10-18)14-20(23)24/h3-10H,1-2,11-14H2,(H,21,22)(H,23,24)/p-2. The van der Waals surface area contributed by atoms with E-state index in [0.29, 0.717) is 35.8 Å². The van der Waals surface area contributed by atoms with Crippen molar-refractivity contribution < 1.29 is 29.3 Å². The molecule has 6 nitrogen and oxygen atoms in total. The molecule has 0 aromatic heterocycles. The number of carbonyl (C=O) groups excluding carboxylic acids is 2. The summed E-state index contributed by atoms with van der Waals surface area (Å²) in [5.41, 5.74) is 1.35. The summed E-state index contributed by atoms with van der Waals surface area (Å²) in [6.45, 7) is 1.07. The lowest BCUT2D eigenvalue weighted by molar-refractivity contribution is -0.306. The van der Waals surface area contributed by atoms with Gasteiger partial charge in [0.25, 0.3) is 0 Å². The number of hydrogen-bond acceptors (Lipinski definition) is 6. The lowest BCUT2D eigenvalue weighted by Crippen LogP contribution is -2.24. The van der Waals surface area contributed by atoms with Crippen molar-refractivity contribution in [2.75, 3.05) is 13.2 Å². The van der Waals surface area contributed by atoms with Gasteiger partial charge in [-0.2, -0.15) is 0 Å². The first-order chi connectivity index (χ1) is 12.5. The van der Waals surface area contributed by atoms with Crippen molar-refractivity contribution in [3.05, 3.63) is 59.7 Å². The number of hydrogen-bond donors (Lipinski definition) is 0. The fourth-order valence-corrected chi connectivity index (χ4v) is 2.32. The van der Waals surface area contributed by atoms with Crippen molar-refractivity contribution in [3.63, 3.8) is 0 Å². The van der Waals surface area contributed by atoms with Crippen LogP contribution in [0.15, 0.2) is 48.5 Å². The monoisotopic (exact) mass is 356 g/mol. The zero-order chi connectivity index (χ0) is 18.8. The molecular weight excluding hydrogens is 336 g/mol. The number of unbranched alkanes of at least 4 members (excludes halogenated alkanes) is 1. The van der Waals surface area contributed by atoms with Crippen molar-refractivity contribution in [2.24, 2.45) is 0 Å². The highest BCUT2D eigenvalue weighted by Gasteiger charge is 1.99. The first-order valence-electron chi connectivity index (χ1n) is 8.36. The second kappa shape index (κ2) is 10.1. The Hall–Kier alpha value is -3.02. The van der Waals surface area contributed by atoms with Crippen molar-refractivity contribution in [1.82, 2.24) is 0 Å². The van der Waals surface area contributed by atoms with E-state index in [1.807, 2.05) is 0 Å². The van der Waals surface area contributed by atoms with Gasteiger partial charge in [0.2, 0.25) is 0 Å². The molecule has 2 rings (SSSR count). The Kier molecular flexibility index (Phi) is 7.49. The van der Waals surface area contributed by atoms with Gasteiger partial charge in [-0.25, -0.2) is 0 Å². The minimum absolute atomic E-state index is 0.105. The van der Waals surface area contributed by atoms with Gasteiger partial charge in [0.05, 0.1) is 13.2 Å². The van der Waals surface area contributed by atoms with E-state index in [-0.39, 0.29) is 12.8 Å². The Morgan fingerprint density at radius 1 is 0.654 bits per heavy atom. The van der Waals surface area contributed by atoms with Gasteiger partial charge < -0.3 is 29.3 Å². The van der Waals surface area contributed by atoms with Crippen molar-refractivity contribution in [3.8, 4) is 11.5 Å². The van der Waals surface area contributed by atoms with Gasteiger partial charge >= 0.3 is 0 Å². The second-order valence-corrected chi connectivity index (χ2v) is 5.79. The quantitative estimate of drug-likeness (QED) is 0.544. The number of rotatable bonds is 11. The first-order valence-corrected chi connectivity index (χ1v) is 8.36. The van der Waals surface area contributed by atoms with Crippen LogP contribution < -0.4 is 19.7 Å². The summed E-state index contributed by atoms with van der Waals surface area (Å²) in [5.74, 6) is -0.826. The summed E-state index contributed by atoms with van der Waals surface area (Å²) in [6.07, 6.45) is 1.41. The van der Waals surface area contributed by atoms with Gasteiger partial charge in [-0.1, -0.05) is 24.3 Å². The number of ether oxygens (including phenoxy) is 2. The normalized spacial score (nSPS) is 10.3. The minimum atomic E-state index is -1.10. The summed E-state index contributed by atoms with van der Waals surface area (Å²) in [7, 11) is 0. The van der Waals surface area contributed by atoms with E-state index < -0.39 is 11.9 Å². The molecule has 26 heavy (non-hydrogen) atoms. The molecule has 2 aromatic carbocycles. The topological polar surface area (TPSA) is 98.7 Å². The molecule has 0 spiro atoms. The smallest absolute Gasteiger partial charge is 0.119 e. The lowest BCUT2D eigenvalue weighted by atomic mass is 10.1. The van der Waals surface area contributed by atoms with E-state index in [1.54, 1.807) is 48.5 Å². The van der Waals surface area contributed by atoms with Crippen LogP contribution in [-0.2, 0) is 22.4 Å². The van der Waals surface area contributed by atoms with Gasteiger partial charge in [0.1, 0.15) is 11.5 Å². The average molecular weight is 356 g/mol. The lowest BCUT2D eigenvalue weighted by Gasteiger charge is -2.09. The second-order valence-electron chi connectivity index (χ2n) is 5.79. The van der Waals surface area contributed by atoms with E-state index in [4.69, 9.17) is 9.47 Å². The zero-order valence-electron chi connectivity index (χ0n) is 14.3. The Balaban J connectivity index is 1.60. The molecule has 0 N–H and O–H groups in total. The zero-order valence-corrected chi connectivity index (χ0v) is 14.3. The van der Waals surface area contributed by atoms with E-state index in [9.17, 15) is 19.8 Å². The van der Waals surface area contributed by atoms with Gasteiger partial charge in [-0.3, -0.25) is 0 Å². The molecule has 0 saturated heterocycles. The van der Waals surface area contributed by atoms with Crippen molar-refractivity contribution in [1.29, 1.82) is 0 Å². The summed E-state index contributed by atoms with van der Waals surface area (Å²) < 4.78 is 11.2. The Bertz CT molecular complexity index is 643. The Labute approximate surface area is 152 Å². The van der Waals surface area contributed by atoms with Crippen LogP contribution in [0.4, 0.5) is 0 Å². The maximum Gasteiger partial charge on any atom is 0.119 e. The molecule has 0 heterocycles. The van der Waals surface area contributed by atoms with Crippen LogP contribution in [0.1, 0.15) is 24.0 Å². The predicted molar refractivity (Wildman–Crippen MR) is 90.5 cm³/mol. The molecule has 2 aromatic rings. The molecule has 0 bridgehead atoms. The van der Waals surface area contributed by atoms with Gasteiger partial charge in [-0.15, -0.1) is 0 Å². The molecule has 0 aliphatic heterocycles. The van der Waals surface area contributed by atoms with Crippen LogP contribution >= 0.6 is 0 Å².